The fraction of sp³-hybridized carbons (Fsp3) is 0.636. The highest BCUT2D eigenvalue weighted by Crippen LogP contribution is 2.12. The molecule has 1 amide bonds. The van der Waals surface area contributed by atoms with E-state index in [-0.39, 0.29) is 35.6 Å². The number of rotatable bonds is 5. The Hall–Kier alpha value is -1.55. The molecule has 1 aromatic carbocycles. The van der Waals surface area contributed by atoms with E-state index in [1.807, 2.05) is 12.1 Å². The van der Waals surface area contributed by atoms with E-state index in [0.717, 1.165) is 70.2 Å². The highest BCUT2D eigenvalue weighted by molar-refractivity contribution is 14.0. The van der Waals surface area contributed by atoms with E-state index in [1.54, 1.807) is 12.1 Å². The van der Waals surface area contributed by atoms with Crippen LogP contribution in [0.3, 0.4) is 0 Å². The van der Waals surface area contributed by atoms with Crippen molar-refractivity contribution in [2.45, 2.75) is 39.2 Å². The van der Waals surface area contributed by atoms with Crippen LogP contribution in [0.1, 0.15) is 38.2 Å². The minimum Gasteiger partial charge on any atom is -0.508 e. The van der Waals surface area contributed by atoms with E-state index in [1.165, 1.54) is 12.8 Å². The monoisotopic (exact) mass is 529 g/mol. The van der Waals surface area contributed by atoms with Crippen LogP contribution in [-0.4, -0.2) is 84.0 Å². The first kappa shape index (κ1) is 24.7. The molecule has 0 spiro atoms. The average molecular weight is 529 g/mol. The van der Waals surface area contributed by atoms with Crippen LogP contribution in [0, 0.1) is 0 Å². The summed E-state index contributed by atoms with van der Waals surface area (Å²) in [6.07, 6.45) is 4.78. The van der Waals surface area contributed by atoms with Gasteiger partial charge in [-0.05, 0) is 37.5 Å². The molecule has 0 radical (unpaired) electrons. The van der Waals surface area contributed by atoms with Gasteiger partial charge in [0.05, 0.1) is 13.1 Å². The predicted octanol–water partition coefficient (Wildman–Crippen LogP) is 2.50. The fourth-order valence-corrected chi connectivity index (χ4v) is 3.92. The molecular weight excluding hydrogens is 493 g/mol. The molecule has 2 saturated heterocycles. The maximum absolute atomic E-state index is 12.6. The number of phenolic OH excluding ortho intramolecular Hbond substituents is 1. The molecule has 2 aliphatic heterocycles. The van der Waals surface area contributed by atoms with Gasteiger partial charge in [-0.25, -0.2) is 4.99 Å². The molecule has 0 unspecified atom stereocenters. The molecule has 2 heterocycles. The number of hydrogen-bond donors (Lipinski definition) is 2. The molecule has 0 saturated carbocycles. The standard InChI is InChI=1S/C22H35N5O2.HI/c1-2-23-22(24-17-19-7-9-20(28)10-8-19)27-15-13-25(14-16-27)18-21(29)26-11-5-3-4-6-12-26;/h7-10,28H,2-6,11-18H2,1H3,(H,23,24);1H. The van der Waals surface area contributed by atoms with Crippen molar-refractivity contribution in [2.75, 3.05) is 52.4 Å². The number of piperazine rings is 1. The molecular formula is C22H36IN5O2. The van der Waals surface area contributed by atoms with Crippen LogP contribution in [0.2, 0.25) is 0 Å². The van der Waals surface area contributed by atoms with Crippen LogP contribution in [-0.2, 0) is 11.3 Å². The lowest BCUT2D eigenvalue weighted by atomic mass is 10.2. The molecule has 2 aliphatic rings. The van der Waals surface area contributed by atoms with E-state index in [0.29, 0.717) is 13.1 Å². The Morgan fingerprint density at radius 2 is 1.60 bits per heavy atom. The highest BCUT2D eigenvalue weighted by Gasteiger charge is 2.23. The van der Waals surface area contributed by atoms with Gasteiger partial charge in [0.1, 0.15) is 5.75 Å². The SMILES string of the molecule is CCNC(=NCc1ccc(O)cc1)N1CCN(CC(=O)N2CCCCCC2)CC1.I. The van der Waals surface area contributed by atoms with E-state index < -0.39 is 0 Å². The van der Waals surface area contributed by atoms with Crippen LogP contribution in [0.5, 0.6) is 5.75 Å². The lowest BCUT2D eigenvalue weighted by Crippen LogP contribution is -2.54. The molecule has 7 nitrogen and oxygen atoms in total. The number of benzene rings is 1. The van der Waals surface area contributed by atoms with Crippen molar-refractivity contribution in [1.29, 1.82) is 0 Å². The zero-order chi connectivity index (χ0) is 20.5. The first-order chi connectivity index (χ1) is 14.2. The maximum Gasteiger partial charge on any atom is 0.236 e. The summed E-state index contributed by atoms with van der Waals surface area (Å²) in [5, 5.41) is 12.8. The van der Waals surface area contributed by atoms with Gasteiger partial charge in [-0.15, -0.1) is 24.0 Å². The number of guanidine groups is 1. The Labute approximate surface area is 197 Å². The average Bonchev–Trinajstić information content (AvgIpc) is 3.03. The summed E-state index contributed by atoms with van der Waals surface area (Å²) in [5.74, 6) is 1.47. The van der Waals surface area contributed by atoms with Gasteiger partial charge in [0.15, 0.2) is 5.96 Å². The molecule has 168 valence electrons. The zero-order valence-electron chi connectivity index (χ0n) is 18.1. The fourth-order valence-electron chi connectivity index (χ4n) is 3.92. The Kier molecular flexibility index (Phi) is 10.7. The molecule has 8 heteroatoms. The number of nitrogens with one attached hydrogen (secondary N) is 1. The number of aliphatic imine (C=N–C) groups is 1. The summed E-state index contributed by atoms with van der Waals surface area (Å²) in [7, 11) is 0. The third kappa shape index (κ3) is 7.61. The molecule has 0 bridgehead atoms. The highest BCUT2D eigenvalue weighted by atomic mass is 127. The number of halogens is 1. The topological polar surface area (TPSA) is 71.4 Å². The maximum atomic E-state index is 12.6. The predicted molar refractivity (Wildman–Crippen MR) is 131 cm³/mol. The van der Waals surface area contributed by atoms with Crippen LogP contribution in [0.15, 0.2) is 29.3 Å². The number of nitrogens with zero attached hydrogens (tertiary/aromatic N) is 4. The minimum atomic E-state index is 0. The smallest absolute Gasteiger partial charge is 0.236 e. The van der Waals surface area contributed by atoms with Crippen LogP contribution < -0.4 is 5.32 Å². The second kappa shape index (κ2) is 13.0. The third-order valence-corrected chi connectivity index (χ3v) is 5.67. The van der Waals surface area contributed by atoms with Gasteiger partial charge in [-0.2, -0.15) is 0 Å². The lowest BCUT2D eigenvalue weighted by Gasteiger charge is -2.37. The first-order valence-electron chi connectivity index (χ1n) is 11.0. The van der Waals surface area contributed by atoms with E-state index in [9.17, 15) is 9.90 Å². The van der Waals surface area contributed by atoms with Crippen molar-refractivity contribution >= 4 is 35.8 Å². The Morgan fingerprint density at radius 3 is 2.20 bits per heavy atom. The number of phenols is 1. The number of amides is 1. The Morgan fingerprint density at radius 1 is 0.967 bits per heavy atom. The van der Waals surface area contributed by atoms with E-state index in [4.69, 9.17) is 4.99 Å². The van der Waals surface area contributed by atoms with Crippen molar-refractivity contribution < 1.29 is 9.90 Å². The molecule has 2 fully saturated rings. The molecule has 0 aromatic heterocycles. The van der Waals surface area contributed by atoms with E-state index >= 15 is 0 Å². The Balaban J connectivity index is 0.00000320. The van der Waals surface area contributed by atoms with Crippen molar-refractivity contribution in [3.63, 3.8) is 0 Å². The molecule has 2 N–H and O–H groups in total. The summed E-state index contributed by atoms with van der Waals surface area (Å²) in [6, 6.07) is 7.18. The lowest BCUT2D eigenvalue weighted by molar-refractivity contribution is -0.132. The quantitative estimate of drug-likeness (QED) is 0.349. The van der Waals surface area contributed by atoms with E-state index in [2.05, 4.69) is 26.9 Å². The number of carbonyl (C=O) groups is 1. The first-order valence-corrected chi connectivity index (χ1v) is 11.0. The van der Waals surface area contributed by atoms with Gasteiger partial charge in [-0.1, -0.05) is 25.0 Å². The summed E-state index contributed by atoms with van der Waals surface area (Å²) in [5.41, 5.74) is 1.07. The molecule has 3 rings (SSSR count). The largest absolute Gasteiger partial charge is 0.508 e. The van der Waals surface area contributed by atoms with Crippen molar-refractivity contribution in [2.24, 2.45) is 4.99 Å². The Bertz CT molecular complexity index is 667. The van der Waals surface area contributed by atoms with Gasteiger partial charge in [0.25, 0.3) is 0 Å². The normalized spacial score (nSPS) is 18.5. The van der Waals surface area contributed by atoms with Crippen molar-refractivity contribution in [3.05, 3.63) is 29.8 Å². The van der Waals surface area contributed by atoms with Crippen LogP contribution in [0.25, 0.3) is 0 Å². The van der Waals surface area contributed by atoms with Crippen molar-refractivity contribution in [3.8, 4) is 5.75 Å². The number of carbonyl (C=O) groups excluding carboxylic acids is 1. The molecule has 30 heavy (non-hydrogen) atoms. The molecule has 1 aromatic rings. The van der Waals surface area contributed by atoms with Gasteiger partial charge >= 0.3 is 0 Å². The van der Waals surface area contributed by atoms with Gasteiger partial charge < -0.3 is 20.2 Å². The molecule has 0 aliphatic carbocycles. The number of aromatic hydroxyl groups is 1. The van der Waals surface area contributed by atoms with Crippen LogP contribution >= 0.6 is 24.0 Å². The number of likely N-dealkylation sites (tertiary alicyclic amines) is 1. The van der Waals surface area contributed by atoms with Gasteiger partial charge in [-0.3, -0.25) is 9.69 Å². The second-order valence-electron chi connectivity index (χ2n) is 7.89. The minimum absolute atomic E-state index is 0. The second-order valence-corrected chi connectivity index (χ2v) is 7.89. The van der Waals surface area contributed by atoms with Crippen molar-refractivity contribution in [1.82, 2.24) is 20.0 Å². The summed E-state index contributed by atoms with van der Waals surface area (Å²) >= 11 is 0. The zero-order valence-corrected chi connectivity index (χ0v) is 20.4. The summed E-state index contributed by atoms with van der Waals surface area (Å²) in [6.45, 7) is 9.36. The number of hydrogen-bond acceptors (Lipinski definition) is 4. The van der Waals surface area contributed by atoms with Crippen LogP contribution in [0.4, 0.5) is 0 Å². The van der Waals surface area contributed by atoms with Gasteiger partial charge in [0.2, 0.25) is 5.91 Å². The summed E-state index contributed by atoms with van der Waals surface area (Å²) < 4.78 is 0. The third-order valence-electron chi connectivity index (χ3n) is 5.67. The summed E-state index contributed by atoms with van der Waals surface area (Å²) in [4.78, 5) is 24.0. The van der Waals surface area contributed by atoms with Gasteiger partial charge in [0, 0.05) is 45.8 Å². The molecule has 0 atom stereocenters.